The van der Waals surface area contributed by atoms with Gasteiger partial charge in [-0.3, -0.25) is 24.0 Å². The molecule has 1 aliphatic heterocycles. The van der Waals surface area contributed by atoms with E-state index in [1.165, 1.54) is 11.8 Å². The number of primary amides is 1. The van der Waals surface area contributed by atoms with Crippen LogP contribution in [0.25, 0.3) is 0 Å². The summed E-state index contributed by atoms with van der Waals surface area (Å²) in [6.45, 7) is 10.0. The predicted octanol–water partition coefficient (Wildman–Crippen LogP) is -0.761. The Kier molecular flexibility index (Phi) is 10.4. The third-order valence-corrected chi connectivity index (χ3v) is 6.74. The number of carbonyl (C=O) groups is 6. The molecule has 1 heterocycles. The molecule has 0 aliphatic carbocycles. The van der Waals surface area contributed by atoms with Crippen LogP contribution in [0, 0.1) is 5.41 Å². The van der Waals surface area contributed by atoms with Crippen molar-refractivity contribution in [3.05, 3.63) is 35.9 Å². The molecule has 0 radical (unpaired) electrons. The SMILES string of the molecule is CC(NC(=O)C1C(N)CCN1C(=O)C(NC(=O)NCC(=O)NC(C)(C)c1ccccc1)C(C)(C)C)C(=O)C(N)=O. The van der Waals surface area contributed by atoms with E-state index in [0.29, 0.717) is 6.42 Å². The molecule has 4 unspecified atom stereocenters. The molecule has 8 N–H and O–H groups in total. The second kappa shape index (κ2) is 12.9. The van der Waals surface area contributed by atoms with E-state index >= 15 is 0 Å². The maximum Gasteiger partial charge on any atom is 0.315 e. The topological polar surface area (TPSA) is 206 Å². The summed E-state index contributed by atoms with van der Waals surface area (Å²) in [6.07, 6.45) is 0.308. The van der Waals surface area contributed by atoms with Gasteiger partial charge in [-0.25, -0.2) is 4.79 Å². The minimum Gasteiger partial charge on any atom is -0.363 e. The van der Waals surface area contributed by atoms with Crippen LogP contribution < -0.4 is 32.7 Å². The fourth-order valence-corrected chi connectivity index (χ4v) is 4.45. The fraction of sp³-hybridized carbons (Fsp3) is 0.556. The summed E-state index contributed by atoms with van der Waals surface area (Å²) < 4.78 is 0. The van der Waals surface area contributed by atoms with Crippen LogP contribution in [0.1, 0.15) is 53.5 Å². The molecule has 2 rings (SSSR count). The van der Waals surface area contributed by atoms with Crippen molar-refractivity contribution in [2.75, 3.05) is 13.1 Å². The molecule has 0 aromatic heterocycles. The van der Waals surface area contributed by atoms with Gasteiger partial charge in [0.25, 0.3) is 5.91 Å². The summed E-state index contributed by atoms with van der Waals surface area (Å²) in [4.78, 5) is 76.2. The van der Waals surface area contributed by atoms with Gasteiger partial charge in [-0.1, -0.05) is 51.1 Å². The number of ketones is 1. The molecule has 4 atom stereocenters. The first kappa shape index (κ1) is 32.2. The van der Waals surface area contributed by atoms with Crippen molar-refractivity contribution in [3.63, 3.8) is 0 Å². The Balaban J connectivity index is 2.07. The average molecular weight is 560 g/mol. The molecule has 1 aromatic rings. The van der Waals surface area contributed by atoms with Crippen molar-refractivity contribution in [2.45, 2.75) is 77.7 Å². The Hall–Kier alpha value is -4.00. The van der Waals surface area contributed by atoms with E-state index in [1.54, 1.807) is 20.8 Å². The summed E-state index contributed by atoms with van der Waals surface area (Å²) in [5.41, 5.74) is 10.6. The van der Waals surface area contributed by atoms with Crippen molar-refractivity contribution < 1.29 is 28.8 Å². The van der Waals surface area contributed by atoms with E-state index in [9.17, 15) is 28.8 Å². The lowest BCUT2D eigenvalue weighted by molar-refractivity contribution is -0.143. The monoisotopic (exact) mass is 559 g/mol. The first-order valence-corrected chi connectivity index (χ1v) is 13.1. The molecule has 0 saturated carbocycles. The molecule has 1 saturated heterocycles. The molecule has 40 heavy (non-hydrogen) atoms. The minimum absolute atomic E-state index is 0.142. The number of amides is 6. The van der Waals surface area contributed by atoms with Gasteiger partial charge < -0.3 is 37.6 Å². The Labute approximate surface area is 234 Å². The molecule has 220 valence electrons. The number of nitrogens with zero attached hydrogens (tertiary/aromatic N) is 1. The number of hydrogen-bond acceptors (Lipinski definition) is 7. The molecule has 0 spiro atoms. The number of nitrogens with one attached hydrogen (secondary N) is 4. The second-order valence-corrected chi connectivity index (χ2v) is 11.6. The largest absolute Gasteiger partial charge is 0.363 e. The lowest BCUT2D eigenvalue weighted by Gasteiger charge is -2.36. The van der Waals surface area contributed by atoms with Gasteiger partial charge in [0.1, 0.15) is 12.1 Å². The molecule has 1 aromatic carbocycles. The molecule has 0 bridgehead atoms. The maximum atomic E-state index is 13.6. The van der Waals surface area contributed by atoms with Crippen LogP contribution in [0.5, 0.6) is 0 Å². The van der Waals surface area contributed by atoms with Crippen LogP contribution in [0.2, 0.25) is 0 Å². The zero-order valence-corrected chi connectivity index (χ0v) is 23.9. The highest BCUT2D eigenvalue weighted by atomic mass is 16.2. The van der Waals surface area contributed by atoms with E-state index in [4.69, 9.17) is 11.5 Å². The van der Waals surface area contributed by atoms with Crippen LogP contribution in [0.15, 0.2) is 30.3 Å². The van der Waals surface area contributed by atoms with Gasteiger partial charge in [0, 0.05) is 12.6 Å². The van der Waals surface area contributed by atoms with Crippen molar-refractivity contribution in [2.24, 2.45) is 16.9 Å². The van der Waals surface area contributed by atoms with Gasteiger partial charge in [0.2, 0.25) is 23.5 Å². The quantitative estimate of drug-likeness (QED) is 0.202. The van der Waals surface area contributed by atoms with Gasteiger partial charge in [0.05, 0.1) is 18.1 Å². The average Bonchev–Trinajstić information content (AvgIpc) is 3.26. The standard InChI is InChI=1S/C27H41N7O6/c1-15(20(36)22(29)37)31-23(38)19-17(28)12-13-34(19)24(39)21(26(2,3)4)32-25(40)30-14-18(35)33-27(5,6)16-10-8-7-9-11-16/h7-11,15,17,19,21H,12-14,28H2,1-6H3,(H2,29,37)(H,31,38)(H,33,35)(H2,30,32,40). The second-order valence-electron chi connectivity index (χ2n) is 11.6. The van der Waals surface area contributed by atoms with Crippen LogP contribution in [-0.4, -0.2) is 77.6 Å². The number of rotatable bonds is 10. The smallest absolute Gasteiger partial charge is 0.315 e. The molecular formula is C27H41N7O6. The van der Waals surface area contributed by atoms with Crippen molar-refractivity contribution in [3.8, 4) is 0 Å². The summed E-state index contributed by atoms with van der Waals surface area (Å²) in [5.74, 6) is -3.88. The van der Waals surface area contributed by atoms with Gasteiger partial charge in [-0.15, -0.1) is 0 Å². The van der Waals surface area contributed by atoms with Gasteiger partial charge >= 0.3 is 6.03 Å². The Morgan fingerprint density at radius 3 is 2.15 bits per heavy atom. The molecular weight excluding hydrogens is 518 g/mol. The number of nitrogens with two attached hydrogens (primary N) is 2. The highest BCUT2D eigenvalue weighted by Crippen LogP contribution is 2.26. The number of urea groups is 1. The van der Waals surface area contributed by atoms with Gasteiger partial charge in [-0.2, -0.15) is 0 Å². The Bertz CT molecular complexity index is 1130. The summed E-state index contributed by atoms with van der Waals surface area (Å²) >= 11 is 0. The first-order valence-electron chi connectivity index (χ1n) is 13.1. The van der Waals surface area contributed by atoms with E-state index < -0.39 is 70.6 Å². The number of hydrogen-bond donors (Lipinski definition) is 6. The van der Waals surface area contributed by atoms with E-state index in [2.05, 4.69) is 21.3 Å². The molecule has 1 fully saturated rings. The predicted molar refractivity (Wildman–Crippen MR) is 147 cm³/mol. The molecule has 6 amide bonds. The van der Waals surface area contributed by atoms with Crippen LogP contribution in [0.3, 0.4) is 0 Å². The molecule has 1 aliphatic rings. The van der Waals surface area contributed by atoms with Crippen LogP contribution >= 0.6 is 0 Å². The van der Waals surface area contributed by atoms with E-state index in [0.717, 1.165) is 5.56 Å². The minimum atomic E-state index is -1.20. The number of likely N-dealkylation sites (tertiary alicyclic amines) is 1. The van der Waals surface area contributed by atoms with Crippen LogP contribution in [0.4, 0.5) is 4.79 Å². The highest BCUT2D eigenvalue weighted by Gasteiger charge is 2.45. The Morgan fingerprint density at radius 1 is 1.00 bits per heavy atom. The van der Waals surface area contributed by atoms with Crippen molar-refractivity contribution >= 4 is 35.4 Å². The zero-order valence-electron chi connectivity index (χ0n) is 23.9. The third-order valence-electron chi connectivity index (χ3n) is 6.74. The summed E-state index contributed by atoms with van der Waals surface area (Å²) in [5, 5.41) is 10.4. The Morgan fingerprint density at radius 2 is 1.60 bits per heavy atom. The fourth-order valence-electron chi connectivity index (χ4n) is 4.45. The first-order chi connectivity index (χ1) is 18.5. The highest BCUT2D eigenvalue weighted by molar-refractivity contribution is 6.37. The molecule has 13 heteroatoms. The summed E-state index contributed by atoms with van der Waals surface area (Å²) in [6, 6.07) is 4.48. The number of benzene rings is 1. The summed E-state index contributed by atoms with van der Waals surface area (Å²) in [7, 11) is 0. The van der Waals surface area contributed by atoms with E-state index in [1.807, 2.05) is 44.2 Å². The lowest BCUT2D eigenvalue weighted by atomic mass is 9.85. The normalized spacial score (nSPS) is 18.7. The van der Waals surface area contributed by atoms with Crippen molar-refractivity contribution in [1.29, 1.82) is 0 Å². The van der Waals surface area contributed by atoms with Gasteiger partial charge in [0.15, 0.2) is 0 Å². The third kappa shape index (κ3) is 8.25. The molecule has 13 nitrogen and oxygen atoms in total. The number of Topliss-reactive ketones (excluding diaryl/α,β-unsaturated/α-hetero) is 1. The van der Waals surface area contributed by atoms with Gasteiger partial charge in [-0.05, 0) is 38.2 Å². The van der Waals surface area contributed by atoms with E-state index in [-0.39, 0.29) is 13.1 Å². The number of carbonyl (C=O) groups excluding carboxylic acids is 6. The van der Waals surface area contributed by atoms with Crippen LogP contribution in [-0.2, 0) is 29.5 Å². The maximum absolute atomic E-state index is 13.6. The zero-order chi connectivity index (χ0) is 30.4. The van der Waals surface area contributed by atoms with Crippen molar-refractivity contribution in [1.82, 2.24) is 26.2 Å². The lowest BCUT2D eigenvalue weighted by Crippen LogP contribution is -2.62.